The summed E-state index contributed by atoms with van der Waals surface area (Å²) in [6, 6.07) is 0.522. The van der Waals surface area contributed by atoms with Crippen LogP contribution in [-0.2, 0) is 0 Å². The largest absolute Gasteiger partial charge is 0.287 e. The van der Waals surface area contributed by atoms with Gasteiger partial charge in [-0.3, -0.25) is 4.90 Å². The number of piperazine rings is 1. The summed E-state index contributed by atoms with van der Waals surface area (Å²) in [5, 5.41) is 0.822. The topological polar surface area (TPSA) is 6.48 Å². The summed E-state index contributed by atoms with van der Waals surface area (Å²) in [7, 11) is 0. The number of hydrogen-bond donors (Lipinski definition) is 0. The first-order valence-electron chi connectivity index (χ1n) is 3.02. The Morgan fingerprint density at radius 2 is 1.78 bits per heavy atom. The van der Waals surface area contributed by atoms with Crippen LogP contribution in [0.25, 0.3) is 0 Å². The average molecular weight is 153 g/mol. The second kappa shape index (κ2) is 3.34. The molecule has 0 aromatic carbocycles. The summed E-state index contributed by atoms with van der Waals surface area (Å²) in [5.41, 5.74) is 0. The summed E-state index contributed by atoms with van der Waals surface area (Å²) in [6.45, 7) is 2.49. The summed E-state index contributed by atoms with van der Waals surface area (Å²) >= 11 is 5.51. The zero-order valence-corrected chi connectivity index (χ0v) is 5.94. The van der Waals surface area contributed by atoms with Gasteiger partial charge in [-0.1, -0.05) is 0 Å². The van der Waals surface area contributed by atoms with Crippen LogP contribution in [0.4, 0.5) is 4.48 Å². The molecule has 2 nitrogen and oxygen atoms in total. The van der Waals surface area contributed by atoms with Crippen LogP contribution in [0.5, 0.6) is 0 Å². The average Bonchev–Trinajstić information content (AvgIpc) is 1.90. The fourth-order valence-electron chi connectivity index (χ4n) is 0.843. The Bertz CT molecular complexity index is 83.0. The van der Waals surface area contributed by atoms with Crippen molar-refractivity contribution in [2.24, 2.45) is 0 Å². The van der Waals surface area contributed by atoms with Crippen LogP contribution in [0.2, 0.25) is 0 Å². The van der Waals surface area contributed by atoms with Gasteiger partial charge in [-0.25, -0.2) is 0 Å². The molecule has 0 aromatic heterocycles. The van der Waals surface area contributed by atoms with E-state index in [1.165, 1.54) is 0 Å². The van der Waals surface area contributed by atoms with Gasteiger partial charge in [0, 0.05) is 26.2 Å². The lowest BCUT2D eigenvalue weighted by Crippen LogP contribution is -2.41. The molecule has 0 radical (unpaired) electrons. The van der Waals surface area contributed by atoms with Gasteiger partial charge in [0.2, 0.25) is 0 Å². The molecule has 1 aliphatic heterocycles. The van der Waals surface area contributed by atoms with Gasteiger partial charge >= 0.3 is 0 Å². The van der Waals surface area contributed by atoms with Crippen LogP contribution in [0.15, 0.2) is 0 Å². The van der Waals surface area contributed by atoms with Crippen molar-refractivity contribution >= 4 is 11.6 Å². The fraction of sp³-hybridized carbons (Fsp3) is 1.00. The molecule has 9 heavy (non-hydrogen) atoms. The molecule has 0 spiro atoms. The maximum atomic E-state index is 12.3. The first-order valence-corrected chi connectivity index (χ1v) is 3.55. The van der Waals surface area contributed by atoms with Crippen molar-refractivity contribution in [1.29, 1.82) is 0 Å². The van der Waals surface area contributed by atoms with Gasteiger partial charge in [-0.15, -0.1) is 21.2 Å². The third-order valence-corrected chi connectivity index (χ3v) is 1.82. The molecule has 0 aromatic rings. The molecule has 1 rings (SSSR count). The quantitative estimate of drug-likeness (QED) is 0.310. The SMILES string of the molecule is FN1CCN(CCl)CC1. The normalized spacial score (nSPS) is 24.7. The highest BCUT2D eigenvalue weighted by Gasteiger charge is 2.14. The molecule has 0 unspecified atom stereocenters. The van der Waals surface area contributed by atoms with Gasteiger partial charge in [0.15, 0.2) is 0 Å². The van der Waals surface area contributed by atoms with E-state index < -0.39 is 0 Å². The highest BCUT2D eigenvalue weighted by atomic mass is 35.5. The Morgan fingerprint density at radius 3 is 2.22 bits per heavy atom. The standard InChI is InChI=1S/C5H10ClFN2/c6-5-8-1-3-9(7)4-2-8/h1-5H2. The predicted molar refractivity (Wildman–Crippen MR) is 35.0 cm³/mol. The van der Waals surface area contributed by atoms with E-state index in [2.05, 4.69) is 0 Å². The molecule has 1 heterocycles. The van der Waals surface area contributed by atoms with Crippen LogP contribution in [-0.4, -0.2) is 42.2 Å². The van der Waals surface area contributed by atoms with E-state index in [1.807, 2.05) is 4.90 Å². The maximum Gasteiger partial charge on any atom is 0.0739 e. The van der Waals surface area contributed by atoms with Gasteiger partial charge in [-0.2, -0.15) is 0 Å². The van der Waals surface area contributed by atoms with Crippen LogP contribution in [0.1, 0.15) is 0 Å². The molecular formula is C5H10ClFN2. The Labute approximate surface area is 59.1 Å². The summed E-state index contributed by atoms with van der Waals surface area (Å²) in [6.07, 6.45) is 0. The lowest BCUT2D eigenvalue weighted by atomic mass is 10.4. The van der Waals surface area contributed by atoms with Gasteiger partial charge in [0.1, 0.15) is 0 Å². The number of halogens is 2. The van der Waals surface area contributed by atoms with Crippen molar-refractivity contribution in [3.63, 3.8) is 0 Å². The number of hydrogen-bond acceptors (Lipinski definition) is 2. The Kier molecular flexibility index (Phi) is 2.69. The Hall–Kier alpha value is 0.140. The summed E-state index contributed by atoms with van der Waals surface area (Å²) in [4.78, 5) is 2.01. The molecule has 4 heteroatoms. The van der Waals surface area contributed by atoms with Crippen molar-refractivity contribution in [3.8, 4) is 0 Å². The van der Waals surface area contributed by atoms with E-state index >= 15 is 0 Å². The summed E-state index contributed by atoms with van der Waals surface area (Å²) in [5.74, 6) is 0. The van der Waals surface area contributed by atoms with Crippen molar-refractivity contribution in [3.05, 3.63) is 0 Å². The van der Waals surface area contributed by atoms with Crippen molar-refractivity contribution in [1.82, 2.24) is 10.0 Å². The molecule has 1 aliphatic rings. The van der Waals surface area contributed by atoms with E-state index in [-0.39, 0.29) is 0 Å². The van der Waals surface area contributed by atoms with Gasteiger partial charge in [-0.05, 0) is 0 Å². The molecule has 0 aliphatic carbocycles. The second-order valence-corrected chi connectivity index (χ2v) is 2.39. The zero-order chi connectivity index (χ0) is 6.69. The van der Waals surface area contributed by atoms with E-state index in [4.69, 9.17) is 11.6 Å². The van der Waals surface area contributed by atoms with Gasteiger partial charge < -0.3 is 0 Å². The lowest BCUT2D eigenvalue weighted by Gasteiger charge is -2.27. The van der Waals surface area contributed by atoms with E-state index in [9.17, 15) is 4.48 Å². The molecule has 0 amide bonds. The number of rotatable bonds is 1. The highest BCUT2D eigenvalue weighted by molar-refractivity contribution is 6.17. The molecule has 0 atom stereocenters. The third-order valence-electron chi connectivity index (χ3n) is 1.49. The second-order valence-electron chi connectivity index (χ2n) is 2.15. The molecule has 1 saturated heterocycles. The highest BCUT2D eigenvalue weighted by Crippen LogP contribution is 2.01. The van der Waals surface area contributed by atoms with Crippen molar-refractivity contribution in [2.45, 2.75) is 0 Å². The predicted octanol–water partition coefficient (Wildman–Crippen LogP) is 0.685. The van der Waals surface area contributed by atoms with Crippen LogP contribution in [0.3, 0.4) is 0 Å². The molecule has 1 fully saturated rings. The minimum absolute atomic E-state index is 0.493. The zero-order valence-electron chi connectivity index (χ0n) is 5.19. The molecule has 0 bridgehead atoms. The Balaban J connectivity index is 2.18. The number of nitrogens with zero attached hydrogens (tertiary/aromatic N) is 2. The smallest absolute Gasteiger partial charge is 0.0739 e. The Morgan fingerprint density at radius 1 is 1.22 bits per heavy atom. The fourth-order valence-corrected chi connectivity index (χ4v) is 1.08. The first-order chi connectivity index (χ1) is 4.33. The van der Waals surface area contributed by atoms with E-state index in [0.29, 0.717) is 19.1 Å². The first kappa shape index (κ1) is 7.25. The third kappa shape index (κ3) is 2.08. The van der Waals surface area contributed by atoms with Crippen molar-refractivity contribution in [2.75, 3.05) is 32.2 Å². The summed E-state index contributed by atoms with van der Waals surface area (Å²) < 4.78 is 12.3. The molecular weight excluding hydrogens is 143 g/mol. The molecule has 0 saturated carbocycles. The monoisotopic (exact) mass is 152 g/mol. The van der Waals surface area contributed by atoms with Crippen LogP contribution < -0.4 is 0 Å². The van der Waals surface area contributed by atoms with Gasteiger partial charge in [0.25, 0.3) is 0 Å². The number of alkyl halides is 1. The van der Waals surface area contributed by atoms with Gasteiger partial charge in [0.05, 0.1) is 6.00 Å². The van der Waals surface area contributed by atoms with Crippen LogP contribution in [0, 0.1) is 0 Å². The van der Waals surface area contributed by atoms with Crippen LogP contribution >= 0.6 is 11.6 Å². The lowest BCUT2D eigenvalue weighted by molar-refractivity contribution is -0.0172. The molecule has 0 N–H and O–H groups in total. The minimum atomic E-state index is 0.493. The minimum Gasteiger partial charge on any atom is -0.287 e. The van der Waals surface area contributed by atoms with E-state index in [1.54, 1.807) is 0 Å². The van der Waals surface area contributed by atoms with Crippen molar-refractivity contribution < 1.29 is 4.48 Å². The molecule has 54 valence electrons. The van der Waals surface area contributed by atoms with E-state index in [0.717, 1.165) is 18.2 Å². The maximum absolute atomic E-state index is 12.3.